The SMILES string of the molecule is Cc1ccc(Cl)c2c(C)cc(CC(=O)O)nc12. The fourth-order valence-corrected chi connectivity index (χ4v) is 2.23. The minimum absolute atomic E-state index is 0.0667. The number of aryl methyl sites for hydroxylation is 2. The molecule has 17 heavy (non-hydrogen) atoms. The van der Waals surface area contributed by atoms with Gasteiger partial charge < -0.3 is 5.11 Å². The second kappa shape index (κ2) is 4.34. The Balaban J connectivity index is 2.72. The lowest BCUT2D eigenvalue weighted by Gasteiger charge is -2.09. The molecule has 0 atom stereocenters. The van der Waals surface area contributed by atoms with Crippen molar-refractivity contribution in [2.75, 3.05) is 0 Å². The third-order valence-electron chi connectivity index (χ3n) is 2.69. The number of hydrogen-bond acceptors (Lipinski definition) is 2. The van der Waals surface area contributed by atoms with Crippen molar-refractivity contribution < 1.29 is 9.90 Å². The fraction of sp³-hybridized carbons (Fsp3) is 0.231. The number of rotatable bonds is 2. The van der Waals surface area contributed by atoms with Crippen molar-refractivity contribution in [3.05, 3.63) is 40.0 Å². The number of halogens is 1. The lowest BCUT2D eigenvalue weighted by Crippen LogP contribution is -2.03. The summed E-state index contributed by atoms with van der Waals surface area (Å²) in [7, 11) is 0. The molecule has 0 amide bonds. The van der Waals surface area contributed by atoms with Gasteiger partial charge in [0.15, 0.2) is 0 Å². The molecule has 0 aliphatic heterocycles. The second-order valence-corrected chi connectivity index (χ2v) is 4.50. The van der Waals surface area contributed by atoms with Crippen LogP contribution in [-0.4, -0.2) is 16.1 Å². The third kappa shape index (κ3) is 2.24. The van der Waals surface area contributed by atoms with Gasteiger partial charge in [-0.25, -0.2) is 0 Å². The highest BCUT2D eigenvalue weighted by Crippen LogP contribution is 2.28. The molecule has 0 spiro atoms. The highest BCUT2D eigenvalue weighted by molar-refractivity contribution is 6.35. The van der Waals surface area contributed by atoms with Gasteiger partial charge >= 0.3 is 5.97 Å². The molecule has 88 valence electrons. The van der Waals surface area contributed by atoms with Gasteiger partial charge in [-0.05, 0) is 37.1 Å². The van der Waals surface area contributed by atoms with Crippen molar-refractivity contribution >= 4 is 28.5 Å². The van der Waals surface area contributed by atoms with Crippen LogP contribution in [0.2, 0.25) is 5.02 Å². The van der Waals surface area contributed by atoms with Crippen LogP contribution in [0.25, 0.3) is 10.9 Å². The molecule has 3 nitrogen and oxygen atoms in total. The molecule has 0 unspecified atom stereocenters. The molecule has 0 saturated carbocycles. The fourth-order valence-electron chi connectivity index (χ4n) is 1.93. The van der Waals surface area contributed by atoms with Crippen LogP contribution in [0.1, 0.15) is 16.8 Å². The number of aliphatic carboxylic acids is 1. The summed E-state index contributed by atoms with van der Waals surface area (Å²) in [6.45, 7) is 3.86. The normalized spacial score (nSPS) is 10.8. The quantitative estimate of drug-likeness (QED) is 0.890. The molecular weight excluding hydrogens is 238 g/mol. The van der Waals surface area contributed by atoms with Crippen molar-refractivity contribution in [3.8, 4) is 0 Å². The van der Waals surface area contributed by atoms with Crippen molar-refractivity contribution in [3.63, 3.8) is 0 Å². The van der Waals surface area contributed by atoms with E-state index in [-0.39, 0.29) is 6.42 Å². The number of pyridine rings is 1. The van der Waals surface area contributed by atoms with Gasteiger partial charge in [-0.1, -0.05) is 17.7 Å². The molecule has 2 aromatic rings. The smallest absolute Gasteiger partial charge is 0.309 e. The predicted molar refractivity (Wildman–Crippen MR) is 67.6 cm³/mol. The monoisotopic (exact) mass is 249 g/mol. The van der Waals surface area contributed by atoms with Gasteiger partial charge in [-0.2, -0.15) is 0 Å². The first kappa shape index (κ1) is 11.9. The molecule has 0 aliphatic rings. The van der Waals surface area contributed by atoms with E-state index in [1.165, 1.54) is 0 Å². The maximum Gasteiger partial charge on any atom is 0.309 e. The molecule has 4 heteroatoms. The molecule has 1 N–H and O–H groups in total. The Labute approximate surface area is 104 Å². The van der Waals surface area contributed by atoms with Crippen LogP contribution in [0, 0.1) is 13.8 Å². The van der Waals surface area contributed by atoms with Gasteiger partial charge in [0, 0.05) is 5.39 Å². The molecule has 1 heterocycles. The minimum Gasteiger partial charge on any atom is -0.481 e. The Morgan fingerprint density at radius 2 is 2.06 bits per heavy atom. The lowest BCUT2D eigenvalue weighted by molar-refractivity contribution is -0.136. The summed E-state index contributed by atoms with van der Waals surface area (Å²) >= 11 is 6.14. The third-order valence-corrected chi connectivity index (χ3v) is 3.01. The Morgan fingerprint density at radius 3 is 2.71 bits per heavy atom. The van der Waals surface area contributed by atoms with E-state index in [9.17, 15) is 4.79 Å². The van der Waals surface area contributed by atoms with Crippen molar-refractivity contribution in [2.24, 2.45) is 0 Å². The molecule has 0 bridgehead atoms. The maximum atomic E-state index is 10.7. The summed E-state index contributed by atoms with van der Waals surface area (Å²) in [6.07, 6.45) is -0.0667. The zero-order chi connectivity index (χ0) is 12.6. The zero-order valence-corrected chi connectivity index (χ0v) is 10.4. The summed E-state index contributed by atoms with van der Waals surface area (Å²) in [5, 5.41) is 10.3. The number of hydrogen-bond donors (Lipinski definition) is 1. The van der Waals surface area contributed by atoms with Crippen molar-refractivity contribution in [2.45, 2.75) is 20.3 Å². The van der Waals surface area contributed by atoms with Crippen LogP contribution >= 0.6 is 11.6 Å². The zero-order valence-electron chi connectivity index (χ0n) is 9.62. The van der Waals surface area contributed by atoms with Gasteiger partial charge in [0.05, 0.1) is 22.7 Å². The van der Waals surface area contributed by atoms with E-state index in [0.29, 0.717) is 10.7 Å². The van der Waals surface area contributed by atoms with Crippen LogP contribution < -0.4 is 0 Å². The standard InChI is InChI=1S/C13H12ClNO2/c1-7-3-4-10(14)12-8(2)5-9(6-11(16)17)15-13(7)12/h3-5H,6H2,1-2H3,(H,16,17). The van der Waals surface area contributed by atoms with E-state index < -0.39 is 5.97 Å². The summed E-state index contributed by atoms with van der Waals surface area (Å²) in [5.74, 6) is -0.879. The highest BCUT2D eigenvalue weighted by Gasteiger charge is 2.10. The van der Waals surface area contributed by atoms with E-state index in [1.807, 2.05) is 26.0 Å². The molecular formula is C13H12ClNO2. The van der Waals surface area contributed by atoms with Gasteiger partial charge in [-0.15, -0.1) is 0 Å². The molecule has 0 saturated heterocycles. The second-order valence-electron chi connectivity index (χ2n) is 4.09. The van der Waals surface area contributed by atoms with Crippen LogP contribution in [0.4, 0.5) is 0 Å². The highest BCUT2D eigenvalue weighted by atomic mass is 35.5. The van der Waals surface area contributed by atoms with Crippen LogP contribution in [0.5, 0.6) is 0 Å². The number of benzene rings is 1. The summed E-state index contributed by atoms with van der Waals surface area (Å²) < 4.78 is 0. The molecule has 2 rings (SSSR count). The topological polar surface area (TPSA) is 50.2 Å². The number of fused-ring (bicyclic) bond motifs is 1. The Bertz CT molecular complexity index is 608. The first-order valence-corrected chi connectivity index (χ1v) is 5.64. The van der Waals surface area contributed by atoms with Crippen LogP contribution in [-0.2, 0) is 11.2 Å². The number of carbonyl (C=O) groups is 1. The maximum absolute atomic E-state index is 10.7. The average molecular weight is 250 g/mol. The Hall–Kier alpha value is -1.61. The van der Waals surface area contributed by atoms with Gasteiger partial charge in [0.1, 0.15) is 0 Å². The van der Waals surface area contributed by atoms with Crippen LogP contribution in [0.15, 0.2) is 18.2 Å². The first-order chi connectivity index (χ1) is 7.99. The Morgan fingerprint density at radius 1 is 1.35 bits per heavy atom. The largest absolute Gasteiger partial charge is 0.481 e. The number of carboxylic acid groups (broad SMARTS) is 1. The van der Waals surface area contributed by atoms with E-state index in [4.69, 9.17) is 16.7 Å². The molecule has 1 aromatic carbocycles. The number of aromatic nitrogens is 1. The number of carboxylic acids is 1. The minimum atomic E-state index is -0.879. The van der Waals surface area contributed by atoms with E-state index in [1.54, 1.807) is 6.07 Å². The van der Waals surface area contributed by atoms with E-state index in [0.717, 1.165) is 22.0 Å². The molecule has 0 radical (unpaired) electrons. The van der Waals surface area contributed by atoms with Gasteiger partial charge in [-0.3, -0.25) is 9.78 Å². The number of nitrogens with zero attached hydrogens (tertiary/aromatic N) is 1. The summed E-state index contributed by atoms with van der Waals surface area (Å²) in [5.41, 5.74) is 3.31. The predicted octanol–water partition coefficient (Wildman–Crippen LogP) is 3.13. The molecule has 0 aliphatic carbocycles. The lowest BCUT2D eigenvalue weighted by atomic mass is 10.0. The molecule has 1 aromatic heterocycles. The van der Waals surface area contributed by atoms with E-state index in [2.05, 4.69) is 4.98 Å². The van der Waals surface area contributed by atoms with Gasteiger partial charge in [0.2, 0.25) is 0 Å². The Kier molecular flexibility index (Phi) is 3.03. The first-order valence-electron chi connectivity index (χ1n) is 5.26. The summed E-state index contributed by atoms with van der Waals surface area (Å²) in [6, 6.07) is 5.51. The van der Waals surface area contributed by atoms with Crippen molar-refractivity contribution in [1.82, 2.24) is 4.98 Å². The summed E-state index contributed by atoms with van der Waals surface area (Å²) in [4.78, 5) is 15.1. The molecule has 0 fully saturated rings. The van der Waals surface area contributed by atoms with Crippen LogP contribution in [0.3, 0.4) is 0 Å². The average Bonchev–Trinajstić information content (AvgIpc) is 2.22. The van der Waals surface area contributed by atoms with Crippen molar-refractivity contribution in [1.29, 1.82) is 0 Å². The van der Waals surface area contributed by atoms with Gasteiger partial charge in [0.25, 0.3) is 0 Å². The van der Waals surface area contributed by atoms with E-state index >= 15 is 0 Å².